The number of methoxy groups -OCH3 is 1. The van der Waals surface area contributed by atoms with Gasteiger partial charge in [-0.25, -0.2) is 4.39 Å². The SMILES string of the molecule is COC(=O)CCC(NC(C)C)C(O)c1ccc(F)cc1. The van der Waals surface area contributed by atoms with E-state index in [0.29, 0.717) is 12.0 Å². The molecule has 1 rings (SSSR count). The minimum absolute atomic E-state index is 0.160. The summed E-state index contributed by atoms with van der Waals surface area (Å²) in [5.41, 5.74) is 0.620. The number of aliphatic hydroxyl groups excluding tert-OH is 1. The molecule has 1 aromatic carbocycles. The Kier molecular flexibility index (Phi) is 6.61. The number of esters is 1. The zero-order valence-electron chi connectivity index (χ0n) is 12.1. The molecule has 0 fully saturated rings. The Bertz CT molecular complexity index is 420. The molecule has 0 aliphatic rings. The standard InChI is InChI=1S/C15H22FNO3/c1-10(2)17-13(8-9-14(18)20-3)15(19)11-4-6-12(16)7-5-11/h4-7,10,13,15,17,19H,8-9H2,1-3H3. The van der Waals surface area contributed by atoms with Gasteiger partial charge in [0.2, 0.25) is 0 Å². The van der Waals surface area contributed by atoms with E-state index in [4.69, 9.17) is 0 Å². The lowest BCUT2D eigenvalue weighted by Crippen LogP contribution is -2.39. The van der Waals surface area contributed by atoms with Crippen molar-refractivity contribution >= 4 is 5.97 Å². The minimum Gasteiger partial charge on any atom is -0.469 e. The van der Waals surface area contributed by atoms with E-state index in [2.05, 4.69) is 10.1 Å². The van der Waals surface area contributed by atoms with Crippen molar-refractivity contribution in [3.63, 3.8) is 0 Å². The zero-order valence-corrected chi connectivity index (χ0v) is 12.1. The summed E-state index contributed by atoms with van der Waals surface area (Å²) in [4.78, 5) is 11.2. The first-order chi connectivity index (χ1) is 9.43. The summed E-state index contributed by atoms with van der Waals surface area (Å²) in [7, 11) is 1.34. The van der Waals surface area contributed by atoms with Crippen LogP contribution in [0.25, 0.3) is 0 Å². The molecule has 5 heteroatoms. The summed E-state index contributed by atoms with van der Waals surface area (Å²) < 4.78 is 17.5. The van der Waals surface area contributed by atoms with Gasteiger partial charge in [-0.15, -0.1) is 0 Å². The van der Waals surface area contributed by atoms with Gasteiger partial charge in [-0.3, -0.25) is 4.79 Å². The molecule has 0 aliphatic carbocycles. The number of aliphatic hydroxyl groups is 1. The van der Waals surface area contributed by atoms with E-state index in [1.54, 1.807) is 12.1 Å². The van der Waals surface area contributed by atoms with Crippen LogP contribution in [0.3, 0.4) is 0 Å². The zero-order chi connectivity index (χ0) is 15.1. The Labute approximate surface area is 119 Å². The van der Waals surface area contributed by atoms with Gasteiger partial charge in [0.25, 0.3) is 0 Å². The number of carbonyl (C=O) groups is 1. The van der Waals surface area contributed by atoms with Crippen LogP contribution < -0.4 is 5.32 Å². The van der Waals surface area contributed by atoms with Crippen molar-refractivity contribution in [3.05, 3.63) is 35.6 Å². The number of halogens is 1. The Hall–Kier alpha value is -1.46. The van der Waals surface area contributed by atoms with Crippen molar-refractivity contribution in [2.75, 3.05) is 7.11 Å². The first-order valence-electron chi connectivity index (χ1n) is 6.70. The van der Waals surface area contributed by atoms with Gasteiger partial charge in [0.1, 0.15) is 5.82 Å². The molecule has 0 amide bonds. The number of carbonyl (C=O) groups excluding carboxylic acids is 1. The largest absolute Gasteiger partial charge is 0.469 e. The van der Waals surface area contributed by atoms with Gasteiger partial charge in [-0.2, -0.15) is 0 Å². The fourth-order valence-electron chi connectivity index (χ4n) is 2.03. The molecular weight excluding hydrogens is 261 g/mol. The van der Waals surface area contributed by atoms with Crippen LogP contribution in [0.4, 0.5) is 4.39 Å². The molecule has 0 radical (unpaired) electrons. The molecule has 0 heterocycles. The first-order valence-corrected chi connectivity index (χ1v) is 6.70. The molecule has 2 N–H and O–H groups in total. The molecule has 0 spiro atoms. The molecular formula is C15H22FNO3. The van der Waals surface area contributed by atoms with E-state index in [0.717, 1.165) is 0 Å². The minimum atomic E-state index is -0.803. The highest BCUT2D eigenvalue weighted by atomic mass is 19.1. The summed E-state index contributed by atoms with van der Waals surface area (Å²) >= 11 is 0. The normalized spacial score (nSPS) is 14.1. The van der Waals surface area contributed by atoms with E-state index in [1.165, 1.54) is 19.2 Å². The predicted molar refractivity (Wildman–Crippen MR) is 74.7 cm³/mol. The van der Waals surface area contributed by atoms with Crippen LogP contribution in [0.1, 0.15) is 38.4 Å². The topological polar surface area (TPSA) is 58.6 Å². The molecule has 2 atom stereocenters. The van der Waals surface area contributed by atoms with Gasteiger partial charge in [0.15, 0.2) is 0 Å². The van der Waals surface area contributed by atoms with Crippen molar-refractivity contribution in [3.8, 4) is 0 Å². The van der Waals surface area contributed by atoms with Crippen LogP contribution in [0.5, 0.6) is 0 Å². The smallest absolute Gasteiger partial charge is 0.305 e. The Morgan fingerprint density at radius 2 is 1.95 bits per heavy atom. The maximum atomic E-state index is 12.9. The van der Waals surface area contributed by atoms with E-state index in [9.17, 15) is 14.3 Å². The summed E-state index contributed by atoms with van der Waals surface area (Å²) in [6.45, 7) is 3.92. The van der Waals surface area contributed by atoms with Crippen molar-refractivity contribution in [1.29, 1.82) is 0 Å². The number of benzene rings is 1. The fraction of sp³-hybridized carbons (Fsp3) is 0.533. The van der Waals surface area contributed by atoms with Crippen LogP contribution in [-0.4, -0.2) is 30.3 Å². The second-order valence-corrected chi connectivity index (χ2v) is 5.04. The highest BCUT2D eigenvalue weighted by Gasteiger charge is 2.22. The average molecular weight is 283 g/mol. The van der Waals surface area contributed by atoms with Gasteiger partial charge >= 0.3 is 5.97 Å². The average Bonchev–Trinajstić information content (AvgIpc) is 2.42. The Morgan fingerprint density at radius 3 is 2.45 bits per heavy atom. The quantitative estimate of drug-likeness (QED) is 0.753. The molecule has 112 valence electrons. The number of ether oxygens (including phenoxy) is 1. The fourth-order valence-corrected chi connectivity index (χ4v) is 2.03. The first kappa shape index (κ1) is 16.6. The lowest BCUT2D eigenvalue weighted by atomic mass is 9.97. The maximum Gasteiger partial charge on any atom is 0.305 e. The highest BCUT2D eigenvalue weighted by Crippen LogP contribution is 2.21. The predicted octanol–water partition coefficient (Wildman–Crippen LogP) is 2.18. The lowest BCUT2D eigenvalue weighted by molar-refractivity contribution is -0.141. The highest BCUT2D eigenvalue weighted by molar-refractivity contribution is 5.69. The third kappa shape index (κ3) is 5.27. The third-order valence-electron chi connectivity index (χ3n) is 3.03. The van der Waals surface area contributed by atoms with E-state index in [-0.39, 0.29) is 30.3 Å². The molecule has 20 heavy (non-hydrogen) atoms. The summed E-state index contributed by atoms with van der Waals surface area (Å²) in [6, 6.07) is 5.59. The van der Waals surface area contributed by atoms with E-state index >= 15 is 0 Å². The molecule has 0 saturated heterocycles. The van der Waals surface area contributed by atoms with Crippen molar-refractivity contribution < 1.29 is 19.0 Å². The maximum absolute atomic E-state index is 12.9. The molecule has 0 aromatic heterocycles. The molecule has 4 nitrogen and oxygen atoms in total. The second kappa shape index (κ2) is 7.97. The van der Waals surface area contributed by atoms with Gasteiger partial charge in [-0.1, -0.05) is 26.0 Å². The van der Waals surface area contributed by atoms with E-state index in [1.807, 2.05) is 13.8 Å². The molecule has 2 unspecified atom stereocenters. The van der Waals surface area contributed by atoms with Crippen molar-refractivity contribution in [2.24, 2.45) is 0 Å². The number of hydrogen-bond donors (Lipinski definition) is 2. The number of rotatable bonds is 7. The van der Waals surface area contributed by atoms with Gasteiger partial charge < -0.3 is 15.2 Å². The van der Waals surface area contributed by atoms with Crippen LogP contribution in [0.15, 0.2) is 24.3 Å². The second-order valence-electron chi connectivity index (χ2n) is 5.04. The van der Waals surface area contributed by atoms with Gasteiger partial charge in [-0.05, 0) is 24.1 Å². The summed E-state index contributed by atoms with van der Waals surface area (Å²) in [5, 5.41) is 13.6. The molecule has 1 aromatic rings. The van der Waals surface area contributed by atoms with Crippen LogP contribution in [-0.2, 0) is 9.53 Å². The van der Waals surface area contributed by atoms with Crippen molar-refractivity contribution in [1.82, 2.24) is 5.32 Å². The Morgan fingerprint density at radius 1 is 1.35 bits per heavy atom. The molecule has 0 aliphatic heterocycles. The van der Waals surface area contributed by atoms with Gasteiger partial charge in [0, 0.05) is 18.5 Å². The molecule has 0 bridgehead atoms. The number of hydrogen-bond acceptors (Lipinski definition) is 4. The van der Waals surface area contributed by atoms with Crippen molar-refractivity contribution in [2.45, 2.75) is 44.9 Å². The molecule has 0 saturated carbocycles. The summed E-state index contributed by atoms with van der Waals surface area (Å²) in [6.07, 6.45) is -0.134. The van der Waals surface area contributed by atoms with Crippen LogP contribution in [0.2, 0.25) is 0 Å². The van der Waals surface area contributed by atoms with Crippen LogP contribution >= 0.6 is 0 Å². The van der Waals surface area contributed by atoms with Gasteiger partial charge in [0.05, 0.1) is 13.2 Å². The monoisotopic (exact) mass is 283 g/mol. The summed E-state index contributed by atoms with van der Waals surface area (Å²) in [5.74, 6) is -0.657. The third-order valence-corrected chi connectivity index (χ3v) is 3.03. The van der Waals surface area contributed by atoms with E-state index < -0.39 is 6.10 Å². The Balaban J connectivity index is 2.75. The van der Waals surface area contributed by atoms with Crippen LogP contribution in [0, 0.1) is 5.82 Å². The lowest BCUT2D eigenvalue weighted by Gasteiger charge is -2.26. The number of nitrogens with one attached hydrogen (secondary N) is 1.